The summed E-state index contributed by atoms with van der Waals surface area (Å²) in [6.07, 6.45) is 0.103. The topological polar surface area (TPSA) is 82.0 Å². The van der Waals surface area contributed by atoms with Gasteiger partial charge in [0.2, 0.25) is 0 Å². The number of phenolic OH excluding ortho intramolecular Hbond substituents is 2. The van der Waals surface area contributed by atoms with Gasteiger partial charge < -0.3 is 25.2 Å². The number of carbonyl (C=O) groups is 1. The molecule has 1 aliphatic rings. The zero-order valence-corrected chi connectivity index (χ0v) is 16.0. The molecule has 3 aromatic rings. The smallest absolute Gasteiger partial charge is 0.257 e. The number of amides is 1. The maximum Gasteiger partial charge on any atom is 0.257 e. The number of methoxy groups -OCH3 is 1. The van der Waals surface area contributed by atoms with Crippen molar-refractivity contribution in [1.29, 1.82) is 0 Å². The summed E-state index contributed by atoms with van der Waals surface area (Å²) < 4.78 is 5.19. The van der Waals surface area contributed by atoms with Crippen LogP contribution in [0.3, 0.4) is 0 Å². The lowest BCUT2D eigenvalue weighted by Crippen LogP contribution is -2.44. The molecule has 0 spiro atoms. The second-order valence-corrected chi connectivity index (χ2v) is 6.93. The number of hydrogen-bond donors (Lipinski definition) is 3. The third-order valence-corrected chi connectivity index (χ3v) is 5.13. The Morgan fingerprint density at radius 1 is 1.03 bits per heavy atom. The van der Waals surface area contributed by atoms with E-state index in [0.29, 0.717) is 24.1 Å². The lowest BCUT2D eigenvalue weighted by atomic mass is 10.0. The van der Waals surface area contributed by atoms with E-state index in [1.165, 1.54) is 12.1 Å². The summed E-state index contributed by atoms with van der Waals surface area (Å²) in [5.74, 6) is 0.582. The number of ether oxygens (including phenoxy) is 1. The number of nitrogens with zero attached hydrogens (tertiary/aromatic N) is 1. The molecule has 148 valence electrons. The average Bonchev–Trinajstić information content (AvgIpc) is 2.73. The van der Waals surface area contributed by atoms with Crippen molar-refractivity contribution in [2.24, 2.45) is 0 Å². The van der Waals surface area contributed by atoms with Crippen molar-refractivity contribution in [1.82, 2.24) is 4.90 Å². The summed E-state index contributed by atoms with van der Waals surface area (Å²) in [7, 11) is 1.62. The van der Waals surface area contributed by atoms with Crippen LogP contribution in [0.4, 0.5) is 5.69 Å². The Kier molecular flexibility index (Phi) is 4.99. The van der Waals surface area contributed by atoms with Crippen LogP contribution in [0.15, 0.2) is 66.7 Å². The number of nitrogens with one attached hydrogen (secondary N) is 1. The van der Waals surface area contributed by atoms with Gasteiger partial charge in [-0.1, -0.05) is 24.3 Å². The van der Waals surface area contributed by atoms with Gasteiger partial charge in [0, 0.05) is 23.9 Å². The fourth-order valence-corrected chi connectivity index (χ4v) is 3.57. The lowest BCUT2D eigenvalue weighted by molar-refractivity contribution is 0.0684. The van der Waals surface area contributed by atoms with Crippen LogP contribution in [-0.2, 0) is 6.42 Å². The van der Waals surface area contributed by atoms with Gasteiger partial charge in [-0.05, 0) is 48.4 Å². The highest BCUT2D eigenvalue weighted by molar-refractivity contribution is 6.01. The normalized spacial score (nSPS) is 15.6. The summed E-state index contributed by atoms with van der Waals surface area (Å²) in [5, 5.41) is 23.4. The van der Waals surface area contributed by atoms with E-state index in [4.69, 9.17) is 4.74 Å². The van der Waals surface area contributed by atoms with Crippen LogP contribution in [-0.4, -0.2) is 34.7 Å². The molecule has 3 N–H and O–H groups in total. The van der Waals surface area contributed by atoms with Gasteiger partial charge >= 0.3 is 0 Å². The number of carbonyl (C=O) groups excluding carboxylic acids is 1. The second kappa shape index (κ2) is 7.75. The van der Waals surface area contributed by atoms with E-state index in [1.54, 1.807) is 24.1 Å². The molecule has 3 aromatic carbocycles. The highest BCUT2D eigenvalue weighted by Crippen LogP contribution is 2.37. The van der Waals surface area contributed by atoms with Crippen molar-refractivity contribution in [3.8, 4) is 17.2 Å². The Labute approximate surface area is 169 Å². The molecule has 6 nitrogen and oxygen atoms in total. The standard InChI is InChI=1S/C23H22N2O4/c1-29-17-9-6-15(7-10-17)12-13-25-22(19-11-8-16(26)14-21(19)27)24-20-5-3-2-4-18(20)23(25)28/h2-11,14,22,24,26-27H,12-13H2,1H3/t22-/m0/s1. The molecule has 0 fully saturated rings. The quantitative estimate of drug-likeness (QED) is 0.615. The van der Waals surface area contributed by atoms with Crippen LogP contribution in [0.25, 0.3) is 0 Å². The molecule has 1 heterocycles. The van der Waals surface area contributed by atoms with Crippen molar-refractivity contribution in [3.63, 3.8) is 0 Å². The zero-order valence-electron chi connectivity index (χ0n) is 16.0. The van der Waals surface area contributed by atoms with Crippen molar-refractivity contribution < 1.29 is 19.7 Å². The molecule has 0 aromatic heterocycles. The van der Waals surface area contributed by atoms with Crippen molar-refractivity contribution in [2.45, 2.75) is 12.6 Å². The summed E-state index contributed by atoms with van der Waals surface area (Å²) in [4.78, 5) is 14.9. The van der Waals surface area contributed by atoms with E-state index in [-0.39, 0.29) is 17.4 Å². The first-order valence-corrected chi connectivity index (χ1v) is 9.38. The van der Waals surface area contributed by atoms with Crippen LogP contribution in [0.5, 0.6) is 17.2 Å². The summed E-state index contributed by atoms with van der Waals surface area (Å²) >= 11 is 0. The fraction of sp³-hybridized carbons (Fsp3) is 0.174. The van der Waals surface area contributed by atoms with Crippen LogP contribution in [0.2, 0.25) is 0 Å². The van der Waals surface area contributed by atoms with Gasteiger partial charge in [0.1, 0.15) is 23.4 Å². The van der Waals surface area contributed by atoms with E-state index in [2.05, 4.69) is 5.32 Å². The summed E-state index contributed by atoms with van der Waals surface area (Å²) in [6.45, 7) is 0.456. The highest BCUT2D eigenvalue weighted by Gasteiger charge is 2.33. The van der Waals surface area contributed by atoms with Crippen LogP contribution in [0, 0.1) is 0 Å². The Morgan fingerprint density at radius 2 is 1.79 bits per heavy atom. The predicted octanol–water partition coefficient (Wildman–Crippen LogP) is 3.92. The third kappa shape index (κ3) is 3.69. The average molecular weight is 390 g/mol. The van der Waals surface area contributed by atoms with Crippen molar-refractivity contribution >= 4 is 11.6 Å². The third-order valence-electron chi connectivity index (χ3n) is 5.13. The fourth-order valence-electron chi connectivity index (χ4n) is 3.57. The van der Waals surface area contributed by atoms with Gasteiger partial charge in [0.05, 0.1) is 12.7 Å². The molecule has 1 amide bonds. The van der Waals surface area contributed by atoms with Crippen LogP contribution >= 0.6 is 0 Å². The number of aromatic hydroxyl groups is 2. The molecular weight excluding hydrogens is 368 g/mol. The lowest BCUT2D eigenvalue weighted by Gasteiger charge is -2.38. The molecule has 0 unspecified atom stereocenters. The van der Waals surface area contributed by atoms with Gasteiger partial charge in [0.25, 0.3) is 5.91 Å². The van der Waals surface area contributed by atoms with Gasteiger partial charge in [-0.3, -0.25) is 4.79 Å². The van der Waals surface area contributed by atoms with Crippen LogP contribution in [0.1, 0.15) is 27.7 Å². The van der Waals surface area contributed by atoms with Gasteiger partial charge in [0.15, 0.2) is 0 Å². The summed E-state index contributed by atoms with van der Waals surface area (Å²) in [6, 6.07) is 19.5. The predicted molar refractivity (Wildman–Crippen MR) is 110 cm³/mol. The first-order chi connectivity index (χ1) is 14.1. The number of para-hydroxylation sites is 1. The van der Waals surface area contributed by atoms with E-state index in [1.807, 2.05) is 42.5 Å². The number of hydrogen-bond acceptors (Lipinski definition) is 5. The molecular formula is C23H22N2O4. The van der Waals surface area contributed by atoms with Crippen molar-refractivity contribution in [3.05, 3.63) is 83.4 Å². The molecule has 0 saturated heterocycles. The van der Waals surface area contributed by atoms with Gasteiger partial charge in [-0.25, -0.2) is 0 Å². The Balaban J connectivity index is 1.65. The minimum atomic E-state index is -0.545. The Hall–Kier alpha value is -3.67. The molecule has 0 bridgehead atoms. The first-order valence-electron chi connectivity index (χ1n) is 9.38. The molecule has 0 aliphatic carbocycles. The van der Waals surface area contributed by atoms with Gasteiger partial charge in [-0.15, -0.1) is 0 Å². The molecule has 6 heteroatoms. The number of benzene rings is 3. The van der Waals surface area contributed by atoms with Gasteiger partial charge in [-0.2, -0.15) is 0 Å². The molecule has 1 atom stereocenters. The van der Waals surface area contributed by atoms with E-state index >= 15 is 0 Å². The number of rotatable bonds is 5. The Bertz CT molecular complexity index is 1030. The summed E-state index contributed by atoms with van der Waals surface area (Å²) in [5.41, 5.74) is 2.92. The zero-order chi connectivity index (χ0) is 20.4. The highest BCUT2D eigenvalue weighted by atomic mass is 16.5. The van der Waals surface area contributed by atoms with Crippen molar-refractivity contribution in [2.75, 3.05) is 19.0 Å². The number of phenols is 2. The SMILES string of the molecule is COc1ccc(CCN2C(=O)c3ccccc3N[C@@H]2c2ccc(O)cc2O)cc1. The molecule has 1 aliphatic heterocycles. The monoisotopic (exact) mass is 390 g/mol. The van der Waals surface area contributed by atoms with Crippen LogP contribution < -0.4 is 10.1 Å². The maximum absolute atomic E-state index is 13.2. The molecule has 0 radical (unpaired) electrons. The maximum atomic E-state index is 13.2. The molecule has 0 saturated carbocycles. The molecule has 4 rings (SSSR count). The number of anilines is 1. The van der Waals surface area contributed by atoms with E-state index in [9.17, 15) is 15.0 Å². The largest absolute Gasteiger partial charge is 0.508 e. The Morgan fingerprint density at radius 3 is 2.52 bits per heavy atom. The van der Waals surface area contributed by atoms with E-state index < -0.39 is 6.17 Å². The first kappa shape index (κ1) is 18.7. The minimum Gasteiger partial charge on any atom is -0.508 e. The second-order valence-electron chi connectivity index (χ2n) is 6.93. The molecule has 29 heavy (non-hydrogen) atoms. The minimum absolute atomic E-state index is 0.0291. The van der Waals surface area contributed by atoms with E-state index in [0.717, 1.165) is 17.0 Å². The number of fused-ring (bicyclic) bond motifs is 1.